The van der Waals surface area contributed by atoms with Crippen molar-refractivity contribution in [2.45, 2.75) is 5.75 Å². The maximum atomic E-state index is 11.2. The van der Waals surface area contributed by atoms with Crippen molar-refractivity contribution in [3.8, 4) is 6.07 Å². The number of nitriles is 1. The van der Waals surface area contributed by atoms with Gasteiger partial charge in [0.15, 0.2) is 9.84 Å². The molecule has 3 nitrogen and oxygen atoms in total. The van der Waals surface area contributed by atoms with Crippen molar-refractivity contribution in [3.63, 3.8) is 0 Å². The fraction of sp³-hybridized carbons (Fsp3) is 0.222. The van der Waals surface area contributed by atoms with Gasteiger partial charge in [-0.25, -0.2) is 8.42 Å². The normalized spacial score (nSPS) is 10.9. The third-order valence-electron chi connectivity index (χ3n) is 1.68. The van der Waals surface area contributed by atoms with E-state index in [1.807, 2.05) is 6.07 Å². The van der Waals surface area contributed by atoms with Gasteiger partial charge < -0.3 is 0 Å². The number of halogens is 1. The van der Waals surface area contributed by atoms with Crippen LogP contribution in [0.5, 0.6) is 0 Å². The molecule has 1 aromatic carbocycles. The summed E-state index contributed by atoms with van der Waals surface area (Å²) in [4.78, 5) is 0. The molecular formula is C9H8ClNO2S. The van der Waals surface area contributed by atoms with E-state index in [0.717, 1.165) is 0 Å². The van der Waals surface area contributed by atoms with E-state index in [0.29, 0.717) is 11.1 Å². The highest BCUT2D eigenvalue weighted by Crippen LogP contribution is 2.12. The van der Waals surface area contributed by atoms with Crippen molar-refractivity contribution < 1.29 is 8.42 Å². The smallest absolute Gasteiger partial charge is 0.168 e. The van der Waals surface area contributed by atoms with Gasteiger partial charge in [0.1, 0.15) is 5.21 Å². The van der Waals surface area contributed by atoms with Crippen LogP contribution in [0.25, 0.3) is 0 Å². The maximum Gasteiger partial charge on any atom is 0.168 e. The Kier molecular flexibility index (Phi) is 3.50. The molecule has 0 heterocycles. The van der Waals surface area contributed by atoms with E-state index in [4.69, 9.17) is 16.9 Å². The van der Waals surface area contributed by atoms with Crippen LogP contribution in [0.15, 0.2) is 24.3 Å². The van der Waals surface area contributed by atoms with Gasteiger partial charge in [-0.1, -0.05) is 18.2 Å². The molecule has 1 aromatic rings. The lowest BCUT2D eigenvalue weighted by Gasteiger charge is -2.02. The lowest BCUT2D eigenvalue weighted by molar-refractivity contribution is 0.599. The third kappa shape index (κ3) is 2.72. The highest BCUT2D eigenvalue weighted by atomic mass is 35.5. The number of hydrogen-bond acceptors (Lipinski definition) is 3. The average Bonchev–Trinajstić information content (AvgIpc) is 2.18. The number of hydrogen-bond donors (Lipinski definition) is 0. The van der Waals surface area contributed by atoms with Crippen molar-refractivity contribution >= 4 is 21.4 Å². The monoisotopic (exact) mass is 229 g/mol. The van der Waals surface area contributed by atoms with Gasteiger partial charge in [0.25, 0.3) is 0 Å². The van der Waals surface area contributed by atoms with Gasteiger partial charge in [-0.05, 0) is 11.6 Å². The highest BCUT2D eigenvalue weighted by molar-refractivity contribution is 7.91. The third-order valence-corrected chi connectivity index (χ3v) is 3.76. The minimum Gasteiger partial charge on any atom is -0.227 e. The van der Waals surface area contributed by atoms with Gasteiger partial charge in [0, 0.05) is 0 Å². The van der Waals surface area contributed by atoms with Crippen LogP contribution in [0, 0.1) is 11.3 Å². The van der Waals surface area contributed by atoms with Gasteiger partial charge in [-0.15, -0.1) is 11.6 Å². The van der Waals surface area contributed by atoms with Gasteiger partial charge in [-0.2, -0.15) is 5.26 Å². The molecular weight excluding hydrogens is 222 g/mol. The Balaban J connectivity index is 3.05. The van der Waals surface area contributed by atoms with Crippen molar-refractivity contribution in [2.24, 2.45) is 0 Å². The molecule has 0 amide bonds. The van der Waals surface area contributed by atoms with Crippen LogP contribution in [0.1, 0.15) is 11.1 Å². The minimum absolute atomic E-state index is 0.180. The number of benzene rings is 1. The summed E-state index contributed by atoms with van der Waals surface area (Å²) in [5.74, 6) is -0.180. The van der Waals surface area contributed by atoms with Gasteiger partial charge in [-0.3, -0.25) is 0 Å². The van der Waals surface area contributed by atoms with Crippen LogP contribution < -0.4 is 0 Å². The Morgan fingerprint density at radius 3 is 2.57 bits per heavy atom. The number of nitrogens with zero attached hydrogens (tertiary/aromatic N) is 1. The molecule has 0 N–H and O–H groups in total. The van der Waals surface area contributed by atoms with Crippen LogP contribution in [0.3, 0.4) is 0 Å². The molecule has 0 saturated heterocycles. The number of alkyl halides is 1. The Morgan fingerprint density at radius 1 is 1.36 bits per heavy atom. The standard InChI is InChI=1S/C9H8ClNO2S/c10-7-14(12,13)6-9-4-2-1-3-8(9)5-11/h1-4H,6-7H2. The molecule has 0 saturated carbocycles. The summed E-state index contributed by atoms with van der Waals surface area (Å²) in [5.41, 5.74) is 0.872. The van der Waals surface area contributed by atoms with Crippen molar-refractivity contribution in [1.29, 1.82) is 5.26 Å². The summed E-state index contributed by atoms with van der Waals surface area (Å²) in [6, 6.07) is 8.52. The largest absolute Gasteiger partial charge is 0.227 e. The molecule has 0 aliphatic rings. The zero-order valence-corrected chi connectivity index (χ0v) is 8.85. The quantitative estimate of drug-likeness (QED) is 0.741. The summed E-state index contributed by atoms with van der Waals surface area (Å²) in [6.07, 6.45) is 0. The molecule has 0 spiro atoms. The van der Waals surface area contributed by atoms with Gasteiger partial charge >= 0.3 is 0 Å². The average molecular weight is 230 g/mol. The number of sulfone groups is 1. The molecule has 0 aliphatic carbocycles. The zero-order chi connectivity index (χ0) is 10.6. The van der Waals surface area contributed by atoms with E-state index in [1.54, 1.807) is 24.3 Å². The summed E-state index contributed by atoms with van der Waals surface area (Å²) >= 11 is 5.27. The van der Waals surface area contributed by atoms with Crippen LogP contribution in [0.2, 0.25) is 0 Å². The topological polar surface area (TPSA) is 57.9 Å². The SMILES string of the molecule is N#Cc1ccccc1CS(=O)(=O)CCl. The van der Waals surface area contributed by atoms with E-state index in [-0.39, 0.29) is 5.75 Å². The lowest BCUT2D eigenvalue weighted by Crippen LogP contribution is -2.06. The molecule has 0 aliphatic heterocycles. The van der Waals surface area contributed by atoms with Crippen LogP contribution in [-0.4, -0.2) is 13.6 Å². The molecule has 0 fully saturated rings. The molecule has 0 unspecified atom stereocenters. The van der Waals surface area contributed by atoms with Crippen LogP contribution >= 0.6 is 11.6 Å². The van der Waals surface area contributed by atoms with Crippen molar-refractivity contribution in [2.75, 3.05) is 5.21 Å². The van der Waals surface area contributed by atoms with Gasteiger partial charge in [0.2, 0.25) is 0 Å². The van der Waals surface area contributed by atoms with E-state index in [1.165, 1.54) is 0 Å². The Labute approximate surface area is 87.8 Å². The molecule has 74 valence electrons. The molecule has 0 atom stereocenters. The lowest BCUT2D eigenvalue weighted by atomic mass is 10.1. The maximum absolute atomic E-state index is 11.2. The first-order chi connectivity index (χ1) is 6.59. The van der Waals surface area contributed by atoms with Crippen molar-refractivity contribution in [1.82, 2.24) is 0 Å². The van der Waals surface area contributed by atoms with E-state index in [2.05, 4.69) is 0 Å². The second-order valence-corrected chi connectivity index (χ2v) is 5.41. The predicted molar refractivity (Wildman–Crippen MR) is 54.5 cm³/mol. The van der Waals surface area contributed by atoms with Crippen molar-refractivity contribution in [3.05, 3.63) is 35.4 Å². The Bertz CT molecular complexity index is 462. The molecule has 0 bridgehead atoms. The van der Waals surface area contributed by atoms with E-state index in [9.17, 15) is 8.42 Å². The highest BCUT2D eigenvalue weighted by Gasteiger charge is 2.12. The second kappa shape index (κ2) is 4.45. The zero-order valence-electron chi connectivity index (χ0n) is 7.27. The first-order valence-electron chi connectivity index (χ1n) is 3.83. The number of rotatable bonds is 3. The first-order valence-corrected chi connectivity index (χ1v) is 6.19. The Hall–Kier alpha value is -1.05. The second-order valence-electron chi connectivity index (χ2n) is 2.77. The van der Waals surface area contributed by atoms with Gasteiger partial charge in [0.05, 0.1) is 17.4 Å². The van der Waals surface area contributed by atoms with Crippen LogP contribution in [0.4, 0.5) is 0 Å². The van der Waals surface area contributed by atoms with Crippen LogP contribution in [-0.2, 0) is 15.6 Å². The summed E-state index contributed by atoms with van der Waals surface area (Å²) in [6.45, 7) is 0. The first kappa shape index (κ1) is 11.0. The summed E-state index contributed by atoms with van der Waals surface area (Å²) in [7, 11) is -3.29. The molecule has 1 rings (SSSR count). The fourth-order valence-corrected chi connectivity index (χ4v) is 2.06. The van der Waals surface area contributed by atoms with E-state index >= 15 is 0 Å². The summed E-state index contributed by atoms with van der Waals surface area (Å²) < 4.78 is 22.4. The van der Waals surface area contributed by atoms with E-state index < -0.39 is 15.0 Å². The summed E-state index contributed by atoms with van der Waals surface area (Å²) in [5, 5.41) is 8.29. The minimum atomic E-state index is -3.29. The molecule has 0 aromatic heterocycles. The predicted octanol–water partition coefficient (Wildman–Crippen LogP) is 1.67. The molecule has 14 heavy (non-hydrogen) atoms. The fourth-order valence-electron chi connectivity index (χ4n) is 1.03. The molecule has 5 heteroatoms. The Morgan fingerprint density at radius 2 is 2.00 bits per heavy atom. The molecule has 0 radical (unpaired) electrons.